The number of carbonyl (C=O) groups excluding carboxylic acids is 1. The third-order valence-electron chi connectivity index (χ3n) is 3.73. The zero-order valence-corrected chi connectivity index (χ0v) is 13.6. The normalized spacial score (nSPS) is 12.2. The second kappa shape index (κ2) is 7.53. The average Bonchev–Trinajstić information content (AvgIpc) is 3.16. The molecule has 6 heteroatoms. The number of halogens is 1. The first-order chi connectivity index (χ1) is 12.1. The fraction of sp³-hybridized carbons (Fsp3) is 0.105. The molecule has 0 fully saturated rings. The van der Waals surface area contributed by atoms with E-state index in [1.807, 2.05) is 31.2 Å². The molecule has 0 spiro atoms. The first-order valence-electron chi connectivity index (χ1n) is 7.81. The van der Waals surface area contributed by atoms with Gasteiger partial charge in [-0.1, -0.05) is 30.3 Å². The van der Waals surface area contributed by atoms with Crippen LogP contribution in [-0.4, -0.2) is 20.7 Å². The summed E-state index contributed by atoms with van der Waals surface area (Å²) in [4.78, 5) is 16.0. The Morgan fingerprint density at radius 1 is 1.24 bits per heavy atom. The van der Waals surface area contributed by atoms with Crippen molar-refractivity contribution in [1.29, 1.82) is 0 Å². The SMILES string of the molecule is CC(NC(=O)/C=C/c1ccccc1F)c1cccc(-n2cncn2)c1. The molecule has 1 amide bonds. The Kier molecular flexibility index (Phi) is 4.99. The number of rotatable bonds is 5. The van der Waals surface area contributed by atoms with Gasteiger partial charge in [0.05, 0.1) is 11.7 Å². The van der Waals surface area contributed by atoms with Gasteiger partial charge in [0.2, 0.25) is 5.91 Å². The van der Waals surface area contributed by atoms with Crippen LogP contribution in [0.4, 0.5) is 4.39 Å². The smallest absolute Gasteiger partial charge is 0.244 e. The Balaban J connectivity index is 1.68. The van der Waals surface area contributed by atoms with Crippen LogP contribution in [0.2, 0.25) is 0 Å². The summed E-state index contributed by atoms with van der Waals surface area (Å²) in [6.45, 7) is 1.88. The van der Waals surface area contributed by atoms with E-state index >= 15 is 0 Å². The Morgan fingerprint density at radius 2 is 2.08 bits per heavy atom. The highest BCUT2D eigenvalue weighted by Crippen LogP contribution is 2.16. The predicted octanol–water partition coefficient (Wildman–Crippen LogP) is 3.30. The first-order valence-corrected chi connectivity index (χ1v) is 7.81. The van der Waals surface area contributed by atoms with E-state index in [9.17, 15) is 9.18 Å². The first kappa shape index (κ1) is 16.6. The van der Waals surface area contributed by atoms with Crippen molar-refractivity contribution in [3.8, 4) is 5.69 Å². The summed E-state index contributed by atoms with van der Waals surface area (Å²) in [6, 6.07) is 13.7. The van der Waals surface area contributed by atoms with Crippen molar-refractivity contribution in [1.82, 2.24) is 20.1 Å². The van der Waals surface area contributed by atoms with Crippen molar-refractivity contribution >= 4 is 12.0 Å². The van der Waals surface area contributed by atoms with Gasteiger partial charge >= 0.3 is 0 Å². The lowest BCUT2D eigenvalue weighted by Gasteiger charge is -2.14. The van der Waals surface area contributed by atoms with E-state index in [0.717, 1.165) is 11.3 Å². The zero-order valence-electron chi connectivity index (χ0n) is 13.6. The molecule has 0 saturated carbocycles. The highest BCUT2D eigenvalue weighted by molar-refractivity contribution is 5.92. The summed E-state index contributed by atoms with van der Waals surface area (Å²) in [5.74, 6) is -0.651. The molecule has 0 radical (unpaired) electrons. The molecular formula is C19H17FN4O. The third-order valence-corrected chi connectivity index (χ3v) is 3.73. The van der Waals surface area contributed by atoms with Crippen molar-refractivity contribution in [2.75, 3.05) is 0 Å². The van der Waals surface area contributed by atoms with E-state index in [-0.39, 0.29) is 17.8 Å². The number of benzene rings is 2. The lowest BCUT2D eigenvalue weighted by molar-refractivity contribution is -0.117. The van der Waals surface area contributed by atoms with Crippen molar-refractivity contribution < 1.29 is 9.18 Å². The average molecular weight is 336 g/mol. The second-order valence-electron chi connectivity index (χ2n) is 5.52. The molecule has 1 N–H and O–H groups in total. The van der Waals surface area contributed by atoms with Crippen molar-refractivity contribution in [3.05, 3.63) is 84.2 Å². The maximum atomic E-state index is 13.6. The van der Waals surface area contributed by atoms with E-state index in [2.05, 4.69) is 15.4 Å². The lowest BCUT2D eigenvalue weighted by atomic mass is 10.1. The number of carbonyl (C=O) groups is 1. The molecule has 1 heterocycles. The molecule has 3 rings (SSSR count). The molecule has 3 aromatic rings. The fourth-order valence-electron chi connectivity index (χ4n) is 2.40. The van der Waals surface area contributed by atoms with E-state index in [1.54, 1.807) is 29.2 Å². The summed E-state index contributed by atoms with van der Waals surface area (Å²) < 4.78 is 15.2. The third kappa shape index (κ3) is 4.17. The number of hydrogen-bond donors (Lipinski definition) is 1. The Morgan fingerprint density at radius 3 is 2.84 bits per heavy atom. The quantitative estimate of drug-likeness (QED) is 0.727. The predicted molar refractivity (Wildman–Crippen MR) is 93.4 cm³/mol. The number of aromatic nitrogens is 3. The van der Waals surface area contributed by atoms with Gasteiger partial charge in [-0.25, -0.2) is 14.1 Å². The minimum absolute atomic E-state index is 0.207. The van der Waals surface area contributed by atoms with Gasteiger partial charge in [0.15, 0.2) is 0 Å². The number of nitrogens with zero attached hydrogens (tertiary/aromatic N) is 3. The molecular weight excluding hydrogens is 319 g/mol. The second-order valence-corrected chi connectivity index (χ2v) is 5.52. The zero-order chi connectivity index (χ0) is 17.6. The highest BCUT2D eigenvalue weighted by atomic mass is 19.1. The Labute approximate surface area is 144 Å². The van der Waals surface area contributed by atoms with Gasteiger partial charge in [-0.3, -0.25) is 4.79 Å². The van der Waals surface area contributed by atoms with Crippen molar-refractivity contribution in [2.45, 2.75) is 13.0 Å². The molecule has 2 aromatic carbocycles. The Hall–Kier alpha value is -3.28. The molecule has 1 aromatic heterocycles. The van der Waals surface area contributed by atoms with E-state index in [0.29, 0.717) is 5.56 Å². The van der Waals surface area contributed by atoms with Crippen LogP contribution in [0.15, 0.2) is 67.3 Å². The van der Waals surface area contributed by atoms with Gasteiger partial charge in [0.1, 0.15) is 18.5 Å². The minimum Gasteiger partial charge on any atom is -0.346 e. The maximum absolute atomic E-state index is 13.6. The molecule has 1 unspecified atom stereocenters. The molecule has 0 aliphatic rings. The Bertz CT molecular complexity index is 890. The van der Waals surface area contributed by atoms with E-state index in [1.165, 1.54) is 24.5 Å². The van der Waals surface area contributed by atoms with Crippen LogP contribution < -0.4 is 5.32 Å². The largest absolute Gasteiger partial charge is 0.346 e. The van der Waals surface area contributed by atoms with Gasteiger partial charge in [-0.15, -0.1) is 0 Å². The van der Waals surface area contributed by atoms with E-state index < -0.39 is 0 Å². The summed E-state index contributed by atoms with van der Waals surface area (Å²) in [7, 11) is 0. The van der Waals surface area contributed by atoms with Crippen LogP contribution >= 0.6 is 0 Å². The molecule has 0 aliphatic carbocycles. The maximum Gasteiger partial charge on any atom is 0.244 e. The summed E-state index contributed by atoms with van der Waals surface area (Å²) in [6.07, 6.45) is 5.87. The summed E-state index contributed by atoms with van der Waals surface area (Å²) >= 11 is 0. The summed E-state index contributed by atoms with van der Waals surface area (Å²) in [5.41, 5.74) is 2.16. The number of amides is 1. The van der Waals surface area contributed by atoms with Crippen LogP contribution in [0.3, 0.4) is 0 Å². The van der Waals surface area contributed by atoms with Gasteiger partial charge in [0.25, 0.3) is 0 Å². The van der Waals surface area contributed by atoms with Crippen molar-refractivity contribution in [2.24, 2.45) is 0 Å². The molecule has 5 nitrogen and oxygen atoms in total. The standard InChI is InChI=1S/C19H17FN4O/c1-14(16-6-4-7-17(11-16)24-13-21-12-22-24)23-19(25)10-9-15-5-2-3-8-18(15)20/h2-14H,1H3,(H,23,25)/b10-9+. The van der Waals surface area contributed by atoms with Crippen LogP contribution in [-0.2, 0) is 4.79 Å². The molecule has 126 valence electrons. The molecule has 1 atom stereocenters. The van der Waals surface area contributed by atoms with Crippen LogP contribution in [0.1, 0.15) is 24.1 Å². The molecule has 25 heavy (non-hydrogen) atoms. The molecule has 0 saturated heterocycles. The van der Waals surface area contributed by atoms with E-state index in [4.69, 9.17) is 0 Å². The van der Waals surface area contributed by atoms with Crippen LogP contribution in [0.25, 0.3) is 11.8 Å². The van der Waals surface area contributed by atoms with Crippen LogP contribution in [0, 0.1) is 5.82 Å². The van der Waals surface area contributed by atoms with Gasteiger partial charge in [-0.2, -0.15) is 5.10 Å². The van der Waals surface area contributed by atoms with Gasteiger partial charge in [-0.05, 0) is 36.8 Å². The number of hydrogen-bond acceptors (Lipinski definition) is 3. The number of nitrogens with one attached hydrogen (secondary N) is 1. The highest BCUT2D eigenvalue weighted by Gasteiger charge is 2.09. The van der Waals surface area contributed by atoms with Crippen molar-refractivity contribution in [3.63, 3.8) is 0 Å². The van der Waals surface area contributed by atoms with Crippen LogP contribution in [0.5, 0.6) is 0 Å². The fourth-order valence-corrected chi connectivity index (χ4v) is 2.40. The lowest BCUT2D eigenvalue weighted by Crippen LogP contribution is -2.24. The molecule has 0 bridgehead atoms. The molecule has 0 aliphatic heterocycles. The van der Waals surface area contributed by atoms with Gasteiger partial charge < -0.3 is 5.32 Å². The monoisotopic (exact) mass is 336 g/mol. The minimum atomic E-state index is -0.361. The van der Waals surface area contributed by atoms with Gasteiger partial charge in [0, 0.05) is 11.6 Å². The summed E-state index contributed by atoms with van der Waals surface area (Å²) in [5, 5.41) is 6.96. The topological polar surface area (TPSA) is 59.8 Å².